The first kappa shape index (κ1) is 14.1. The molecule has 2 aromatic carbocycles. The van der Waals surface area contributed by atoms with Crippen LogP contribution in [0.2, 0.25) is 0 Å². The highest BCUT2D eigenvalue weighted by atomic mass is 19.1. The molecule has 2 rings (SSSR count). The molecule has 3 nitrogen and oxygen atoms in total. The van der Waals surface area contributed by atoms with Crippen molar-refractivity contribution >= 4 is 17.3 Å². The summed E-state index contributed by atoms with van der Waals surface area (Å²) >= 11 is 0. The minimum atomic E-state index is -0.428. The van der Waals surface area contributed by atoms with Gasteiger partial charge in [-0.05, 0) is 50.1 Å². The molecule has 0 fully saturated rings. The predicted molar refractivity (Wildman–Crippen MR) is 79.4 cm³/mol. The van der Waals surface area contributed by atoms with Crippen molar-refractivity contribution in [2.24, 2.45) is 0 Å². The van der Waals surface area contributed by atoms with Crippen LogP contribution in [0.4, 0.5) is 15.8 Å². The first-order valence-corrected chi connectivity index (χ1v) is 6.32. The Morgan fingerprint density at radius 1 is 1.10 bits per heavy atom. The number of amides is 1. The third-order valence-corrected chi connectivity index (χ3v) is 3.17. The maximum Gasteiger partial charge on any atom is 0.256 e. The molecular weight excluding hydrogens is 255 g/mol. The normalized spacial score (nSPS) is 10.4. The molecule has 0 atom stereocenters. The van der Waals surface area contributed by atoms with Crippen LogP contribution >= 0.6 is 0 Å². The largest absolute Gasteiger partial charge is 0.397 e. The maximum absolute atomic E-state index is 13.0. The molecule has 0 bridgehead atoms. The molecule has 20 heavy (non-hydrogen) atoms. The van der Waals surface area contributed by atoms with Gasteiger partial charge in [-0.1, -0.05) is 17.7 Å². The summed E-state index contributed by atoms with van der Waals surface area (Å²) in [5, 5.41) is 2.72. The Hall–Kier alpha value is -2.36. The number of benzene rings is 2. The summed E-state index contributed by atoms with van der Waals surface area (Å²) < 4.78 is 13.0. The number of hydrogen-bond donors (Lipinski definition) is 2. The summed E-state index contributed by atoms with van der Waals surface area (Å²) in [5.74, 6) is -0.665. The molecule has 0 aliphatic carbocycles. The van der Waals surface area contributed by atoms with Crippen molar-refractivity contribution in [2.75, 3.05) is 11.1 Å². The molecule has 0 saturated heterocycles. The number of carbonyl (C=O) groups excluding carboxylic acids is 1. The van der Waals surface area contributed by atoms with Crippen LogP contribution in [0.15, 0.2) is 30.3 Å². The van der Waals surface area contributed by atoms with Crippen LogP contribution in [0.3, 0.4) is 0 Å². The predicted octanol–water partition coefficient (Wildman–Crippen LogP) is 3.59. The van der Waals surface area contributed by atoms with Crippen LogP contribution < -0.4 is 11.1 Å². The van der Waals surface area contributed by atoms with Gasteiger partial charge in [0.2, 0.25) is 0 Å². The lowest BCUT2D eigenvalue weighted by atomic mass is 9.99. The Kier molecular flexibility index (Phi) is 3.74. The molecule has 104 valence electrons. The van der Waals surface area contributed by atoms with Crippen LogP contribution in [-0.2, 0) is 0 Å². The Morgan fingerprint density at radius 3 is 2.25 bits per heavy atom. The van der Waals surface area contributed by atoms with Gasteiger partial charge in [-0.2, -0.15) is 0 Å². The fourth-order valence-electron chi connectivity index (χ4n) is 2.37. The molecule has 0 radical (unpaired) electrons. The zero-order valence-corrected chi connectivity index (χ0v) is 11.8. The Labute approximate surface area is 117 Å². The Morgan fingerprint density at radius 2 is 1.70 bits per heavy atom. The second-order valence-corrected chi connectivity index (χ2v) is 4.96. The number of nitrogens with two attached hydrogens (primary N) is 1. The highest BCUT2D eigenvalue weighted by Gasteiger charge is 2.14. The lowest BCUT2D eigenvalue weighted by molar-refractivity contribution is 0.102. The van der Waals surface area contributed by atoms with Gasteiger partial charge in [0.25, 0.3) is 5.91 Å². The van der Waals surface area contributed by atoms with Crippen molar-refractivity contribution < 1.29 is 9.18 Å². The molecule has 0 unspecified atom stereocenters. The lowest BCUT2D eigenvalue weighted by Gasteiger charge is -2.13. The fourth-order valence-corrected chi connectivity index (χ4v) is 2.37. The Balaban J connectivity index is 2.33. The third-order valence-electron chi connectivity index (χ3n) is 3.17. The van der Waals surface area contributed by atoms with Crippen LogP contribution in [-0.4, -0.2) is 5.91 Å². The van der Waals surface area contributed by atoms with Gasteiger partial charge in [0.1, 0.15) is 5.82 Å². The van der Waals surface area contributed by atoms with E-state index in [2.05, 4.69) is 5.32 Å². The van der Waals surface area contributed by atoms with E-state index in [-0.39, 0.29) is 11.6 Å². The fraction of sp³-hybridized carbons (Fsp3) is 0.188. The number of carbonyl (C=O) groups is 1. The highest BCUT2D eigenvalue weighted by Crippen LogP contribution is 2.22. The van der Waals surface area contributed by atoms with E-state index in [1.165, 1.54) is 18.2 Å². The van der Waals surface area contributed by atoms with Crippen molar-refractivity contribution in [3.8, 4) is 0 Å². The zero-order chi connectivity index (χ0) is 14.9. The average molecular weight is 272 g/mol. The quantitative estimate of drug-likeness (QED) is 0.821. The maximum atomic E-state index is 13.0. The summed E-state index contributed by atoms with van der Waals surface area (Å²) in [4.78, 5) is 12.3. The van der Waals surface area contributed by atoms with Crippen molar-refractivity contribution in [3.05, 3.63) is 58.4 Å². The first-order chi connectivity index (χ1) is 9.38. The average Bonchev–Trinajstić information content (AvgIpc) is 2.31. The molecule has 0 aliphatic rings. The second kappa shape index (κ2) is 5.33. The van der Waals surface area contributed by atoms with Gasteiger partial charge in [-0.25, -0.2) is 4.39 Å². The monoisotopic (exact) mass is 272 g/mol. The minimum absolute atomic E-state index is 0.209. The summed E-state index contributed by atoms with van der Waals surface area (Å²) in [6.45, 7) is 5.77. The van der Waals surface area contributed by atoms with E-state index in [9.17, 15) is 9.18 Å². The van der Waals surface area contributed by atoms with E-state index in [0.29, 0.717) is 11.3 Å². The molecule has 3 N–H and O–H groups in total. The summed E-state index contributed by atoms with van der Waals surface area (Å²) in [6.07, 6.45) is 0. The molecule has 2 aromatic rings. The lowest BCUT2D eigenvalue weighted by Crippen LogP contribution is -2.16. The molecule has 1 amide bonds. The SMILES string of the molecule is Cc1cc(C)c(C(=O)Nc2ccc(F)cc2N)c(C)c1. The van der Waals surface area contributed by atoms with Crippen molar-refractivity contribution in [1.29, 1.82) is 0 Å². The number of nitrogen functional groups attached to an aromatic ring is 1. The van der Waals surface area contributed by atoms with E-state index in [0.717, 1.165) is 16.7 Å². The van der Waals surface area contributed by atoms with Gasteiger partial charge in [0.15, 0.2) is 0 Å². The molecular formula is C16H17FN2O. The van der Waals surface area contributed by atoms with Crippen molar-refractivity contribution in [1.82, 2.24) is 0 Å². The van der Waals surface area contributed by atoms with Gasteiger partial charge < -0.3 is 11.1 Å². The van der Waals surface area contributed by atoms with E-state index < -0.39 is 5.82 Å². The Bertz CT molecular complexity index is 657. The number of rotatable bonds is 2. The highest BCUT2D eigenvalue weighted by molar-refractivity contribution is 6.07. The standard InChI is InChI=1S/C16H17FN2O/c1-9-6-10(2)15(11(3)7-9)16(20)19-14-5-4-12(17)8-13(14)18/h4-8H,18H2,1-3H3,(H,19,20). The number of anilines is 2. The van der Waals surface area contributed by atoms with Gasteiger partial charge in [0.05, 0.1) is 11.4 Å². The van der Waals surface area contributed by atoms with Crippen molar-refractivity contribution in [2.45, 2.75) is 20.8 Å². The summed E-state index contributed by atoms with van der Waals surface area (Å²) in [6, 6.07) is 7.82. The van der Waals surface area contributed by atoms with Crippen LogP contribution in [0.1, 0.15) is 27.0 Å². The van der Waals surface area contributed by atoms with Gasteiger partial charge >= 0.3 is 0 Å². The number of aryl methyl sites for hydroxylation is 3. The molecule has 4 heteroatoms. The van der Waals surface area contributed by atoms with Crippen LogP contribution in [0, 0.1) is 26.6 Å². The first-order valence-electron chi connectivity index (χ1n) is 6.32. The van der Waals surface area contributed by atoms with E-state index in [1.807, 2.05) is 32.9 Å². The van der Waals surface area contributed by atoms with Crippen LogP contribution in [0.25, 0.3) is 0 Å². The molecule has 0 aromatic heterocycles. The minimum Gasteiger partial charge on any atom is -0.397 e. The molecule has 0 saturated carbocycles. The third kappa shape index (κ3) is 2.79. The van der Waals surface area contributed by atoms with Gasteiger partial charge in [-0.3, -0.25) is 4.79 Å². The topological polar surface area (TPSA) is 55.1 Å². The molecule has 0 spiro atoms. The number of hydrogen-bond acceptors (Lipinski definition) is 2. The zero-order valence-electron chi connectivity index (χ0n) is 11.8. The van der Waals surface area contributed by atoms with E-state index in [4.69, 9.17) is 5.73 Å². The van der Waals surface area contributed by atoms with E-state index >= 15 is 0 Å². The smallest absolute Gasteiger partial charge is 0.256 e. The second-order valence-electron chi connectivity index (χ2n) is 4.96. The molecule has 0 aliphatic heterocycles. The number of halogens is 1. The van der Waals surface area contributed by atoms with E-state index in [1.54, 1.807) is 0 Å². The number of nitrogens with one attached hydrogen (secondary N) is 1. The van der Waals surface area contributed by atoms with Crippen molar-refractivity contribution in [3.63, 3.8) is 0 Å². The summed E-state index contributed by atoms with van der Waals surface area (Å²) in [7, 11) is 0. The summed E-state index contributed by atoms with van der Waals surface area (Å²) in [5.41, 5.74) is 9.86. The van der Waals surface area contributed by atoms with Gasteiger partial charge in [0, 0.05) is 5.56 Å². The molecule has 0 heterocycles. The van der Waals surface area contributed by atoms with Crippen LogP contribution in [0.5, 0.6) is 0 Å². The van der Waals surface area contributed by atoms with Gasteiger partial charge in [-0.15, -0.1) is 0 Å².